The molecule has 1 aromatic heterocycles. The van der Waals surface area contributed by atoms with E-state index in [4.69, 9.17) is 0 Å². The van der Waals surface area contributed by atoms with Gasteiger partial charge in [-0.2, -0.15) is 4.98 Å². The summed E-state index contributed by atoms with van der Waals surface area (Å²) in [7, 11) is 0. The van der Waals surface area contributed by atoms with Crippen molar-refractivity contribution in [1.82, 2.24) is 9.97 Å². The molecule has 1 saturated carbocycles. The van der Waals surface area contributed by atoms with Gasteiger partial charge in [-0.05, 0) is 37.1 Å². The van der Waals surface area contributed by atoms with E-state index in [0.717, 1.165) is 43.9 Å². The van der Waals surface area contributed by atoms with E-state index < -0.39 is 35.3 Å². The van der Waals surface area contributed by atoms with Crippen molar-refractivity contribution in [1.29, 1.82) is 0 Å². The number of hydrogen-bond donors (Lipinski definition) is 2. The van der Waals surface area contributed by atoms with Crippen LogP contribution in [0.15, 0.2) is 42.5 Å². The number of halogens is 6. The zero-order valence-corrected chi connectivity index (χ0v) is 17.0. The molecule has 0 aliphatic heterocycles. The lowest BCUT2D eigenvalue weighted by Crippen LogP contribution is -2.17. The Bertz CT molecular complexity index is 1150. The van der Waals surface area contributed by atoms with Crippen molar-refractivity contribution in [2.24, 2.45) is 0 Å². The van der Waals surface area contributed by atoms with E-state index in [0.29, 0.717) is 6.07 Å². The van der Waals surface area contributed by atoms with Crippen molar-refractivity contribution in [2.45, 2.75) is 38.1 Å². The van der Waals surface area contributed by atoms with Crippen molar-refractivity contribution in [2.75, 3.05) is 10.6 Å². The van der Waals surface area contributed by atoms with Crippen molar-refractivity contribution in [3.8, 4) is 17.0 Å². The highest BCUT2D eigenvalue weighted by Gasteiger charge is 2.31. The normalized spacial score (nSPS) is 14.4. The minimum Gasteiger partial charge on any atom is -0.406 e. The number of alkyl halides is 3. The number of hydrogen-bond acceptors (Lipinski definition) is 5. The molecule has 0 radical (unpaired) electrons. The quantitative estimate of drug-likeness (QED) is 0.317. The maximum Gasteiger partial charge on any atom is 0.573 e. The summed E-state index contributed by atoms with van der Waals surface area (Å²) in [5, 5.41) is 5.55. The summed E-state index contributed by atoms with van der Waals surface area (Å²) in [6.45, 7) is 0. The Morgan fingerprint density at radius 2 is 1.64 bits per heavy atom. The molecule has 0 saturated heterocycles. The average molecular weight is 468 g/mol. The Morgan fingerprint density at radius 1 is 0.909 bits per heavy atom. The molecule has 0 atom stereocenters. The van der Waals surface area contributed by atoms with Crippen LogP contribution < -0.4 is 15.4 Å². The highest BCUT2D eigenvalue weighted by molar-refractivity contribution is 5.69. The molecule has 5 nitrogen and oxygen atoms in total. The Balaban J connectivity index is 1.73. The first kappa shape index (κ1) is 22.7. The lowest BCUT2D eigenvalue weighted by molar-refractivity contribution is -0.274. The molecule has 2 aromatic carbocycles. The van der Waals surface area contributed by atoms with E-state index in [9.17, 15) is 26.3 Å². The summed E-state index contributed by atoms with van der Waals surface area (Å²) >= 11 is 0. The van der Waals surface area contributed by atoms with Crippen LogP contribution >= 0.6 is 0 Å². The van der Waals surface area contributed by atoms with E-state index in [1.165, 1.54) is 18.2 Å². The van der Waals surface area contributed by atoms with Crippen LogP contribution in [0.2, 0.25) is 0 Å². The molecule has 1 fully saturated rings. The van der Waals surface area contributed by atoms with Gasteiger partial charge in [0.25, 0.3) is 0 Å². The molecular formula is C22H18F6N4O. The van der Waals surface area contributed by atoms with Gasteiger partial charge in [0.1, 0.15) is 23.1 Å². The highest BCUT2D eigenvalue weighted by Crippen LogP contribution is 2.31. The maximum absolute atomic E-state index is 14.2. The average Bonchev–Trinajstić information content (AvgIpc) is 3.26. The van der Waals surface area contributed by atoms with Crippen LogP contribution in [0.5, 0.6) is 5.75 Å². The Hall–Kier alpha value is -3.50. The second-order valence-electron chi connectivity index (χ2n) is 7.51. The predicted molar refractivity (Wildman–Crippen MR) is 110 cm³/mol. The highest BCUT2D eigenvalue weighted by atomic mass is 19.4. The standard InChI is InChI=1S/C22H18F6N4O/c23-15-8-9-16(24)20(19(15)25)31-18-11-17(30-21(32-18)29-13-5-1-2-6-13)12-4-3-7-14(10-12)33-22(26,27)28/h3-4,7-11,13H,1-2,5-6H2,(H2,29,30,31,32). The first-order valence-electron chi connectivity index (χ1n) is 10.1. The number of aromatic nitrogens is 2. The van der Waals surface area contributed by atoms with Crippen LogP contribution in [0.4, 0.5) is 43.8 Å². The molecule has 0 unspecified atom stereocenters. The third-order valence-corrected chi connectivity index (χ3v) is 5.07. The summed E-state index contributed by atoms with van der Waals surface area (Å²) in [5.41, 5.74) is -0.338. The van der Waals surface area contributed by atoms with Gasteiger partial charge in [-0.15, -0.1) is 13.2 Å². The first-order chi connectivity index (χ1) is 15.7. The zero-order chi connectivity index (χ0) is 23.6. The molecule has 3 aromatic rings. The van der Waals surface area contributed by atoms with E-state index in [-0.39, 0.29) is 29.1 Å². The molecule has 11 heteroatoms. The van der Waals surface area contributed by atoms with Crippen LogP contribution in [0.1, 0.15) is 25.7 Å². The molecule has 1 aliphatic carbocycles. The van der Waals surface area contributed by atoms with Crippen molar-refractivity contribution < 1.29 is 31.1 Å². The van der Waals surface area contributed by atoms with Gasteiger partial charge in [0.05, 0.1) is 5.69 Å². The molecule has 0 spiro atoms. The minimum atomic E-state index is -4.88. The third-order valence-electron chi connectivity index (χ3n) is 5.07. The van der Waals surface area contributed by atoms with Gasteiger partial charge in [-0.25, -0.2) is 18.2 Å². The zero-order valence-electron chi connectivity index (χ0n) is 17.0. The van der Waals surface area contributed by atoms with E-state index >= 15 is 0 Å². The number of nitrogens with one attached hydrogen (secondary N) is 2. The smallest absolute Gasteiger partial charge is 0.406 e. The topological polar surface area (TPSA) is 59.1 Å². The molecule has 33 heavy (non-hydrogen) atoms. The van der Waals surface area contributed by atoms with Crippen LogP contribution in [0.25, 0.3) is 11.3 Å². The van der Waals surface area contributed by atoms with Gasteiger partial charge >= 0.3 is 6.36 Å². The lowest BCUT2D eigenvalue weighted by atomic mass is 10.1. The fraction of sp³-hybridized carbons (Fsp3) is 0.273. The number of benzene rings is 2. The molecule has 174 valence electrons. The molecule has 0 amide bonds. The maximum atomic E-state index is 14.2. The van der Waals surface area contributed by atoms with Crippen molar-refractivity contribution in [3.63, 3.8) is 0 Å². The van der Waals surface area contributed by atoms with Gasteiger partial charge in [-0.3, -0.25) is 0 Å². The van der Waals surface area contributed by atoms with Crippen molar-refractivity contribution in [3.05, 3.63) is 59.9 Å². The van der Waals surface area contributed by atoms with Gasteiger partial charge in [-0.1, -0.05) is 25.0 Å². The van der Waals surface area contributed by atoms with Crippen LogP contribution in [0, 0.1) is 17.5 Å². The predicted octanol–water partition coefficient (Wildman–Crippen LogP) is 6.56. The summed E-state index contributed by atoms with van der Waals surface area (Å²) in [6.07, 6.45) is -1.10. The summed E-state index contributed by atoms with van der Waals surface area (Å²) in [6, 6.07) is 7.89. The largest absolute Gasteiger partial charge is 0.573 e. The SMILES string of the molecule is Fc1ccc(F)c(Nc2cc(-c3cccc(OC(F)(F)F)c3)nc(NC3CCCC3)n2)c1F. The molecule has 1 heterocycles. The fourth-order valence-electron chi connectivity index (χ4n) is 3.60. The second-order valence-corrected chi connectivity index (χ2v) is 7.51. The van der Waals surface area contributed by atoms with Gasteiger partial charge < -0.3 is 15.4 Å². The number of ether oxygens (including phenoxy) is 1. The summed E-state index contributed by atoms with van der Waals surface area (Å²) < 4.78 is 83.7. The van der Waals surface area contributed by atoms with Crippen LogP contribution in [0.3, 0.4) is 0 Å². The third kappa shape index (κ3) is 5.65. The molecule has 4 rings (SSSR count). The first-order valence-corrected chi connectivity index (χ1v) is 10.1. The van der Waals surface area contributed by atoms with E-state index in [1.54, 1.807) is 0 Å². The number of rotatable bonds is 6. The molecule has 0 bridgehead atoms. The second kappa shape index (κ2) is 9.16. The molecule has 1 aliphatic rings. The monoisotopic (exact) mass is 468 g/mol. The van der Waals surface area contributed by atoms with Gasteiger partial charge in [0.15, 0.2) is 11.6 Å². The number of nitrogens with zero attached hydrogens (tertiary/aromatic N) is 2. The Labute approximate surface area is 184 Å². The van der Waals surface area contributed by atoms with E-state index in [1.807, 2.05) is 0 Å². The van der Waals surface area contributed by atoms with E-state index in [2.05, 4.69) is 25.3 Å². The summed E-state index contributed by atoms with van der Waals surface area (Å²) in [5.74, 6) is -4.15. The summed E-state index contributed by atoms with van der Waals surface area (Å²) in [4.78, 5) is 8.56. The van der Waals surface area contributed by atoms with Crippen molar-refractivity contribution >= 4 is 17.5 Å². The minimum absolute atomic E-state index is 0.0777. The lowest BCUT2D eigenvalue weighted by Gasteiger charge is -2.16. The Kier molecular flexibility index (Phi) is 6.30. The molecule has 2 N–H and O–H groups in total. The van der Waals surface area contributed by atoms with Gasteiger partial charge in [0, 0.05) is 17.7 Å². The Morgan fingerprint density at radius 3 is 2.36 bits per heavy atom. The number of anilines is 3. The fourth-order valence-corrected chi connectivity index (χ4v) is 3.60. The molecular weight excluding hydrogens is 450 g/mol. The van der Waals surface area contributed by atoms with Crippen LogP contribution in [-0.2, 0) is 0 Å². The van der Waals surface area contributed by atoms with Gasteiger partial charge in [0.2, 0.25) is 5.95 Å². The van der Waals surface area contributed by atoms with Crippen LogP contribution in [-0.4, -0.2) is 22.4 Å².